The molecule has 0 aromatic rings. The molecule has 1 N–H and O–H groups in total. The highest BCUT2D eigenvalue weighted by molar-refractivity contribution is 7.89. The fourth-order valence-corrected chi connectivity index (χ4v) is 4.21. The quantitative estimate of drug-likeness (QED) is 0.839. The minimum atomic E-state index is -3.13. The lowest BCUT2D eigenvalue weighted by Gasteiger charge is -2.27. The fraction of sp³-hybridized carbons (Fsp3) is 1.00. The zero-order chi connectivity index (χ0) is 14.3. The highest BCUT2D eigenvalue weighted by atomic mass is 32.2. The predicted molar refractivity (Wildman–Crippen MR) is 78.5 cm³/mol. The van der Waals surface area contributed by atoms with Gasteiger partial charge >= 0.3 is 0 Å². The van der Waals surface area contributed by atoms with E-state index < -0.39 is 10.0 Å². The van der Waals surface area contributed by atoms with Gasteiger partial charge in [-0.3, -0.25) is 0 Å². The highest BCUT2D eigenvalue weighted by Gasteiger charge is 2.39. The molecule has 0 bridgehead atoms. The molecule has 2 unspecified atom stereocenters. The Bertz CT molecular complexity index is 410. The van der Waals surface area contributed by atoms with Crippen molar-refractivity contribution >= 4 is 10.0 Å². The molecule has 5 heteroatoms. The summed E-state index contributed by atoms with van der Waals surface area (Å²) in [5.74, 6) is 0.478. The molecule has 1 saturated heterocycles. The topological polar surface area (TPSA) is 49.4 Å². The van der Waals surface area contributed by atoms with E-state index in [9.17, 15) is 8.42 Å². The maximum Gasteiger partial charge on any atom is 0.217 e. The summed E-state index contributed by atoms with van der Waals surface area (Å²) in [5, 5.41) is 3.01. The normalized spacial score (nSPS) is 27.7. The third kappa shape index (κ3) is 3.70. The van der Waals surface area contributed by atoms with Crippen LogP contribution in [0, 0.1) is 11.3 Å². The van der Waals surface area contributed by atoms with Crippen LogP contribution in [0.15, 0.2) is 0 Å². The second-order valence-corrected chi connectivity index (χ2v) is 9.60. The van der Waals surface area contributed by atoms with Crippen molar-refractivity contribution in [2.45, 2.75) is 58.2 Å². The van der Waals surface area contributed by atoms with Crippen LogP contribution < -0.4 is 5.32 Å². The van der Waals surface area contributed by atoms with Crippen LogP contribution in [0.1, 0.15) is 47.0 Å². The largest absolute Gasteiger partial charge is 0.313 e. The molecule has 4 nitrogen and oxygen atoms in total. The van der Waals surface area contributed by atoms with Gasteiger partial charge in [0.25, 0.3) is 0 Å². The molecule has 1 heterocycles. The number of nitrogens with zero attached hydrogens (tertiary/aromatic N) is 1. The summed E-state index contributed by atoms with van der Waals surface area (Å²) in [7, 11) is -3.13. The van der Waals surface area contributed by atoms with Crippen molar-refractivity contribution in [2.75, 3.05) is 19.6 Å². The molecule has 0 radical (unpaired) electrons. The molecule has 1 saturated carbocycles. The maximum atomic E-state index is 12.5. The van der Waals surface area contributed by atoms with Crippen LogP contribution in [-0.4, -0.2) is 43.6 Å². The van der Waals surface area contributed by atoms with Gasteiger partial charge in [0.2, 0.25) is 10.0 Å². The minimum absolute atomic E-state index is 0.194. The van der Waals surface area contributed by atoms with E-state index in [4.69, 9.17) is 0 Å². The van der Waals surface area contributed by atoms with Crippen LogP contribution in [0.5, 0.6) is 0 Å². The average molecular weight is 288 g/mol. The summed E-state index contributed by atoms with van der Waals surface area (Å²) in [6.45, 7) is 10.4. The Labute approximate surface area is 118 Å². The molecule has 1 aliphatic carbocycles. The first-order valence-electron chi connectivity index (χ1n) is 7.43. The predicted octanol–water partition coefficient (Wildman–Crippen LogP) is 1.82. The number of hydrogen-bond donors (Lipinski definition) is 1. The van der Waals surface area contributed by atoms with Gasteiger partial charge in [-0.1, -0.05) is 20.8 Å². The van der Waals surface area contributed by atoms with Gasteiger partial charge in [0, 0.05) is 25.7 Å². The zero-order valence-electron chi connectivity index (χ0n) is 12.6. The first kappa shape index (κ1) is 15.3. The molecule has 2 atom stereocenters. The number of hydrogen-bond acceptors (Lipinski definition) is 3. The van der Waals surface area contributed by atoms with Crippen molar-refractivity contribution in [3.05, 3.63) is 0 Å². The Morgan fingerprint density at radius 2 is 1.89 bits per heavy atom. The monoisotopic (exact) mass is 288 g/mol. The molecule has 2 rings (SSSR count). The number of nitrogens with one attached hydrogen (secondary N) is 1. The Hall–Kier alpha value is -0.130. The van der Waals surface area contributed by atoms with Crippen LogP contribution in [-0.2, 0) is 10.0 Å². The molecule has 0 amide bonds. The molecule has 0 spiro atoms. The number of rotatable bonds is 5. The van der Waals surface area contributed by atoms with Crippen LogP contribution in [0.4, 0.5) is 0 Å². The van der Waals surface area contributed by atoms with E-state index in [1.54, 1.807) is 4.31 Å². The van der Waals surface area contributed by atoms with E-state index in [0.717, 1.165) is 6.42 Å². The van der Waals surface area contributed by atoms with Crippen LogP contribution in [0.2, 0.25) is 0 Å². The van der Waals surface area contributed by atoms with Gasteiger partial charge in [0.1, 0.15) is 0 Å². The summed E-state index contributed by atoms with van der Waals surface area (Å²) in [4.78, 5) is 0. The van der Waals surface area contributed by atoms with Gasteiger partial charge in [-0.25, -0.2) is 12.7 Å². The molecule has 1 aliphatic heterocycles. The minimum Gasteiger partial charge on any atom is -0.313 e. The van der Waals surface area contributed by atoms with Gasteiger partial charge < -0.3 is 5.32 Å². The highest BCUT2D eigenvalue weighted by Crippen LogP contribution is 2.35. The zero-order valence-corrected chi connectivity index (χ0v) is 13.5. The maximum absolute atomic E-state index is 12.5. The molecule has 19 heavy (non-hydrogen) atoms. The van der Waals surface area contributed by atoms with Gasteiger partial charge in [-0.15, -0.1) is 0 Å². The molecular formula is C14H28N2O2S. The van der Waals surface area contributed by atoms with E-state index in [0.29, 0.717) is 31.6 Å². The van der Waals surface area contributed by atoms with Crippen LogP contribution >= 0.6 is 0 Å². The van der Waals surface area contributed by atoms with E-state index in [1.165, 1.54) is 12.8 Å². The van der Waals surface area contributed by atoms with Gasteiger partial charge in [-0.05, 0) is 37.5 Å². The van der Waals surface area contributed by atoms with E-state index in [-0.39, 0.29) is 10.7 Å². The van der Waals surface area contributed by atoms with Crippen LogP contribution in [0.25, 0.3) is 0 Å². The summed E-state index contributed by atoms with van der Waals surface area (Å²) < 4.78 is 26.8. The van der Waals surface area contributed by atoms with Crippen molar-refractivity contribution in [2.24, 2.45) is 11.3 Å². The third-order valence-corrected chi connectivity index (χ3v) is 6.75. The molecular weight excluding hydrogens is 260 g/mol. The van der Waals surface area contributed by atoms with Gasteiger partial charge in [-0.2, -0.15) is 0 Å². The van der Waals surface area contributed by atoms with Crippen molar-refractivity contribution < 1.29 is 8.42 Å². The molecule has 2 aliphatic rings. The summed E-state index contributed by atoms with van der Waals surface area (Å²) in [6, 6.07) is 0.568. The summed E-state index contributed by atoms with van der Waals surface area (Å²) in [6.07, 6.45) is 3.39. The lowest BCUT2D eigenvalue weighted by atomic mass is 9.80. The van der Waals surface area contributed by atoms with E-state index in [1.807, 2.05) is 6.92 Å². The van der Waals surface area contributed by atoms with E-state index >= 15 is 0 Å². The van der Waals surface area contributed by atoms with Crippen LogP contribution in [0.3, 0.4) is 0 Å². The second kappa shape index (κ2) is 5.34. The average Bonchev–Trinajstić information content (AvgIpc) is 2.96. The number of sulfonamides is 1. The van der Waals surface area contributed by atoms with E-state index in [2.05, 4.69) is 26.1 Å². The third-order valence-electron chi connectivity index (χ3n) is 4.52. The Morgan fingerprint density at radius 1 is 1.26 bits per heavy atom. The van der Waals surface area contributed by atoms with Crippen molar-refractivity contribution in [3.63, 3.8) is 0 Å². The lowest BCUT2D eigenvalue weighted by Crippen LogP contribution is -2.42. The van der Waals surface area contributed by atoms with Crippen molar-refractivity contribution in [1.82, 2.24) is 9.62 Å². The second-order valence-electron chi connectivity index (χ2n) is 7.25. The first-order chi connectivity index (χ1) is 8.71. The molecule has 0 aromatic carbocycles. The Morgan fingerprint density at radius 3 is 2.37 bits per heavy atom. The SMILES string of the molecule is CC(CNC1CC1)S(=O)(=O)N1CCC(C(C)(C)C)C1. The Kier molecular flexibility index (Phi) is 4.29. The molecule has 0 aromatic heterocycles. The lowest BCUT2D eigenvalue weighted by molar-refractivity contribution is 0.251. The summed E-state index contributed by atoms with van der Waals surface area (Å²) in [5.41, 5.74) is 0.194. The van der Waals surface area contributed by atoms with Gasteiger partial charge in [0.15, 0.2) is 0 Å². The molecule has 2 fully saturated rings. The smallest absolute Gasteiger partial charge is 0.217 e. The van der Waals surface area contributed by atoms with Crippen molar-refractivity contribution in [1.29, 1.82) is 0 Å². The molecule has 112 valence electrons. The first-order valence-corrected chi connectivity index (χ1v) is 8.94. The standard InChI is InChI=1S/C14H28N2O2S/c1-11(9-15-13-5-6-13)19(17,18)16-8-7-12(10-16)14(2,3)4/h11-13,15H,5-10H2,1-4H3. The summed E-state index contributed by atoms with van der Waals surface area (Å²) >= 11 is 0. The fourth-order valence-electron chi connectivity index (χ4n) is 2.65. The van der Waals surface area contributed by atoms with Gasteiger partial charge in [0.05, 0.1) is 5.25 Å². The van der Waals surface area contributed by atoms with Crippen molar-refractivity contribution in [3.8, 4) is 0 Å². The Balaban J connectivity index is 1.92.